The standard InChI is InChI=1S/C28H30FN3O5/c29-18-5-7-24-21(15-18)28(17-37-24)9-12-31(13-10-28)11-2-14-36-23-4-1-3-19-20(23)16-32(27(19)35)22-6-8-25(33)30-26(22)34/h1,3-5,7,15,22H,2,6,8-14,16-17H2,(H,30,33,34). The predicted octanol–water partition coefficient (Wildman–Crippen LogP) is 2.78. The van der Waals surface area contributed by atoms with E-state index in [9.17, 15) is 18.8 Å². The van der Waals surface area contributed by atoms with E-state index in [2.05, 4.69) is 10.2 Å². The van der Waals surface area contributed by atoms with Crippen molar-refractivity contribution in [3.63, 3.8) is 0 Å². The van der Waals surface area contributed by atoms with Crippen molar-refractivity contribution in [2.24, 2.45) is 0 Å². The molecule has 2 fully saturated rings. The molecule has 2 aromatic carbocycles. The summed E-state index contributed by atoms with van der Waals surface area (Å²) in [5.41, 5.74) is 2.27. The molecule has 4 heterocycles. The van der Waals surface area contributed by atoms with Gasteiger partial charge in [0.1, 0.15) is 23.4 Å². The van der Waals surface area contributed by atoms with Crippen molar-refractivity contribution in [3.05, 3.63) is 58.9 Å². The maximum atomic E-state index is 13.8. The Labute approximate surface area is 214 Å². The lowest BCUT2D eigenvalue weighted by molar-refractivity contribution is -0.136. The van der Waals surface area contributed by atoms with E-state index in [0.717, 1.165) is 55.8 Å². The van der Waals surface area contributed by atoms with Crippen LogP contribution in [0.5, 0.6) is 11.5 Å². The fourth-order valence-corrected chi connectivity index (χ4v) is 6.12. The average Bonchev–Trinajstić information content (AvgIpc) is 3.41. The zero-order valence-corrected chi connectivity index (χ0v) is 20.6. The number of carbonyl (C=O) groups is 3. The maximum Gasteiger partial charge on any atom is 0.255 e. The first-order chi connectivity index (χ1) is 17.9. The van der Waals surface area contributed by atoms with Crippen LogP contribution in [0.3, 0.4) is 0 Å². The highest BCUT2D eigenvalue weighted by Gasteiger charge is 2.43. The van der Waals surface area contributed by atoms with Crippen LogP contribution in [0.1, 0.15) is 53.6 Å². The van der Waals surface area contributed by atoms with Gasteiger partial charge in [-0.15, -0.1) is 0 Å². The third kappa shape index (κ3) is 4.35. The number of benzene rings is 2. The van der Waals surface area contributed by atoms with Gasteiger partial charge in [-0.3, -0.25) is 19.7 Å². The molecule has 4 aliphatic heterocycles. The van der Waals surface area contributed by atoms with Crippen LogP contribution in [0.4, 0.5) is 4.39 Å². The van der Waals surface area contributed by atoms with Crippen LogP contribution in [-0.2, 0) is 21.5 Å². The van der Waals surface area contributed by atoms with Gasteiger partial charge in [0.2, 0.25) is 11.8 Å². The van der Waals surface area contributed by atoms with Crippen LogP contribution in [0, 0.1) is 5.82 Å². The van der Waals surface area contributed by atoms with Crippen molar-refractivity contribution in [3.8, 4) is 11.5 Å². The summed E-state index contributed by atoms with van der Waals surface area (Å²) in [6, 6.07) is 9.61. The topological polar surface area (TPSA) is 88.2 Å². The minimum absolute atomic E-state index is 0.0873. The Hall–Kier alpha value is -3.46. The summed E-state index contributed by atoms with van der Waals surface area (Å²) in [5, 5.41) is 2.33. The number of likely N-dealkylation sites (tertiary alicyclic amines) is 1. The van der Waals surface area contributed by atoms with E-state index in [0.29, 0.717) is 37.5 Å². The van der Waals surface area contributed by atoms with Gasteiger partial charge in [-0.05, 0) is 69.1 Å². The number of piperidine rings is 2. The molecular formula is C28H30FN3O5. The zero-order chi connectivity index (χ0) is 25.6. The van der Waals surface area contributed by atoms with E-state index in [4.69, 9.17) is 9.47 Å². The number of ether oxygens (including phenoxy) is 2. The molecule has 0 bridgehead atoms. The average molecular weight is 508 g/mol. The molecule has 6 rings (SSSR count). The summed E-state index contributed by atoms with van der Waals surface area (Å²) in [6.07, 6.45) is 3.28. The highest BCUT2D eigenvalue weighted by molar-refractivity contribution is 6.05. The normalized spacial score (nSPS) is 22.6. The largest absolute Gasteiger partial charge is 0.493 e. The third-order valence-electron chi connectivity index (χ3n) is 8.25. The SMILES string of the molecule is O=C1CCC(N2Cc3c(OCCCN4CCC5(CC4)COc4ccc(F)cc45)cccc3C2=O)C(=O)N1. The van der Waals surface area contributed by atoms with Gasteiger partial charge >= 0.3 is 0 Å². The Kier molecular flexibility index (Phi) is 6.10. The lowest BCUT2D eigenvalue weighted by Gasteiger charge is -2.38. The Morgan fingerprint density at radius 3 is 2.78 bits per heavy atom. The first kappa shape index (κ1) is 23.9. The van der Waals surface area contributed by atoms with Crippen LogP contribution in [0.15, 0.2) is 36.4 Å². The van der Waals surface area contributed by atoms with Crippen molar-refractivity contribution in [1.82, 2.24) is 15.1 Å². The number of hydrogen-bond acceptors (Lipinski definition) is 6. The van der Waals surface area contributed by atoms with Crippen molar-refractivity contribution in [2.45, 2.75) is 50.1 Å². The quantitative estimate of drug-likeness (QED) is 0.478. The van der Waals surface area contributed by atoms with Crippen LogP contribution in [0.2, 0.25) is 0 Å². The Morgan fingerprint density at radius 1 is 1.14 bits per heavy atom. The summed E-state index contributed by atoms with van der Waals surface area (Å²) < 4.78 is 25.8. The van der Waals surface area contributed by atoms with Gasteiger partial charge in [0.25, 0.3) is 5.91 Å². The number of halogens is 1. The lowest BCUT2D eigenvalue weighted by atomic mass is 9.74. The fraction of sp³-hybridized carbons (Fsp3) is 0.464. The molecule has 1 spiro atoms. The van der Waals surface area contributed by atoms with Crippen molar-refractivity contribution in [1.29, 1.82) is 0 Å². The zero-order valence-electron chi connectivity index (χ0n) is 20.6. The molecule has 1 N–H and O–H groups in total. The molecule has 37 heavy (non-hydrogen) atoms. The molecule has 2 aromatic rings. The second-order valence-electron chi connectivity index (χ2n) is 10.4. The first-order valence-corrected chi connectivity index (χ1v) is 13.0. The number of amides is 3. The maximum absolute atomic E-state index is 13.8. The third-order valence-corrected chi connectivity index (χ3v) is 8.25. The molecular weight excluding hydrogens is 477 g/mol. The second-order valence-corrected chi connectivity index (χ2v) is 10.4. The van der Waals surface area contributed by atoms with E-state index in [1.54, 1.807) is 29.2 Å². The first-order valence-electron chi connectivity index (χ1n) is 13.0. The number of nitrogens with zero attached hydrogens (tertiary/aromatic N) is 2. The Balaban J connectivity index is 1.01. The predicted molar refractivity (Wildman–Crippen MR) is 132 cm³/mol. The highest BCUT2D eigenvalue weighted by atomic mass is 19.1. The smallest absolute Gasteiger partial charge is 0.255 e. The summed E-state index contributed by atoms with van der Waals surface area (Å²) in [7, 11) is 0. The molecule has 3 amide bonds. The number of imide groups is 1. The van der Waals surface area contributed by atoms with E-state index in [1.807, 2.05) is 6.07 Å². The van der Waals surface area contributed by atoms with Gasteiger partial charge in [0.15, 0.2) is 0 Å². The Morgan fingerprint density at radius 2 is 1.97 bits per heavy atom. The van der Waals surface area contributed by atoms with E-state index < -0.39 is 11.9 Å². The van der Waals surface area contributed by atoms with Gasteiger partial charge in [0, 0.05) is 35.1 Å². The van der Waals surface area contributed by atoms with Gasteiger partial charge in [-0.1, -0.05) is 6.07 Å². The monoisotopic (exact) mass is 507 g/mol. The summed E-state index contributed by atoms with van der Waals surface area (Å²) in [6.45, 7) is 4.18. The van der Waals surface area contributed by atoms with Gasteiger partial charge in [0.05, 0.1) is 19.8 Å². The molecule has 1 atom stereocenters. The van der Waals surface area contributed by atoms with Gasteiger partial charge < -0.3 is 19.3 Å². The molecule has 9 heteroatoms. The van der Waals surface area contributed by atoms with Crippen LogP contribution in [0.25, 0.3) is 0 Å². The summed E-state index contributed by atoms with van der Waals surface area (Å²) in [5.74, 6) is 0.356. The molecule has 0 saturated carbocycles. The molecule has 2 saturated heterocycles. The number of nitrogens with one attached hydrogen (secondary N) is 1. The van der Waals surface area contributed by atoms with E-state index in [-0.39, 0.29) is 29.5 Å². The molecule has 4 aliphatic rings. The summed E-state index contributed by atoms with van der Waals surface area (Å²) in [4.78, 5) is 40.7. The molecule has 8 nitrogen and oxygen atoms in total. The molecule has 0 aliphatic carbocycles. The lowest BCUT2D eigenvalue weighted by Crippen LogP contribution is -2.52. The van der Waals surface area contributed by atoms with Crippen molar-refractivity contribution < 1.29 is 28.2 Å². The van der Waals surface area contributed by atoms with Crippen molar-refractivity contribution >= 4 is 17.7 Å². The van der Waals surface area contributed by atoms with Crippen LogP contribution < -0.4 is 14.8 Å². The second kappa shape index (κ2) is 9.45. The number of fused-ring (bicyclic) bond motifs is 3. The van der Waals surface area contributed by atoms with Gasteiger partial charge in [-0.25, -0.2) is 4.39 Å². The van der Waals surface area contributed by atoms with E-state index in [1.165, 1.54) is 6.07 Å². The molecule has 0 aromatic heterocycles. The van der Waals surface area contributed by atoms with E-state index >= 15 is 0 Å². The molecule has 1 unspecified atom stereocenters. The van der Waals surface area contributed by atoms with Gasteiger partial charge in [-0.2, -0.15) is 0 Å². The Bertz CT molecular complexity index is 1260. The number of hydrogen-bond donors (Lipinski definition) is 1. The number of carbonyl (C=O) groups excluding carboxylic acids is 3. The van der Waals surface area contributed by atoms with Crippen LogP contribution in [-0.4, -0.2) is 66.4 Å². The summed E-state index contributed by atoms with van der Waals surface area (Å²) >= 11 is 0. The molecule has 0 radical (unpaired) electrons. The minimum atomic E-state index is -0.637. The van der Waals surface area contributed by atoms with Crippen molar-refractivity contribution in [2.75, 3.05) is 32.8 Å². The highest BCUT2D eigenvalue weighted by Crippen LogP contribution is 2.45. The molecule has 194 valence electrons. The fourth-order valence-electron chi connectivity index (χ4n) is 6.12. The number of rotatable bonds is 6. The van der Waals surface area contributed by atoms with Crippen LogP contribution >= 0.6 is 0 Å². The minimum Gasteiger partial charge on any atom is -0.493 e.